The summed E-state index contributed by atoms with van der Waals surface area (Å²) >= 11 is 0. The average Bonchev–Trinajstić information content (AvgIpc) is 3.01. The van der Waals surface area contributed by atoms with Crippen molar-refractivity contribution < 1.29 is 14.0 Å². The summed E-state index contributed by atoms with van der Waals surface area (Å²) in [6.45, 7) is 4.39. The number of carbonyl (C=O) groups excluding carboxylic acids is 2. The van der Waals surface area contributed by atoms with Crippen LogP contribution in [0.5, 0.6) is 0 Å². The summed E-state index contributed by atoms with van der Waals surface area (Å²) in [7, 11) is 0. The number of benzene rings is 1. The zero-order valence-electron chi connectivity index (χ0n) is 14.4. The Balaban J connectivity index is 1.66. The Labute approximate surface area is 147 Å². The smallest absolute Gasteiger partial charge is 0.254 e. The maximum absolute atomic E-state index is 14.4. The van der Waals surface area contributed by atoms with Crippen molar-refractivity contribution in [1.29, 1.82) is 0 Å². The van der Waals surface area contributed by atoms with Gasteiger partial charge in [0.05, 0.1) is 12.2 Å². The van der Waals surface area contributed by atoms with Gasteiger partial charge in [0.1, 0.15) is 5.82 Å². The molecule has 1 aromatic carbocycles. The fourth-order valence-corrected chi connectivity index (χ4v) is 3.59. The molecule has 2 amide bonds. The summed E-state index contributed by atoms with van der Waals surface area (Å²) in [5.41, 5.74) is 6.20. The van der Waals surface area contributed by atoms with Crippen LogP contribution in [0.4, 0.5) is 10.1 Å². The van der Waals surface area contributed by atoms with Crippen molar-refractivity contribution in [3.8, 4) is 0 Å². The van der Waals surface area contributed by atoms with Gasteiger partial charge in [-0.1, -0.05) is 0 Å². The molecule has 0 atom stereocenters. The first-order valence-corrected chi connectivity index (χ1v) is 8.89. The van der Waals surface area contributed by atoms with Crippen LogP contribution in [0.15, 0.2) is 18.2 Å². The van der Waals surface area contributed by atoms with Crippen molar-refractivity contribution in [2.75, 3.05) is 50.7 Å². The van der Waals surface area contributed by atoms with Crippen LogP contribution in [0.25, 0.3) is 0 Å². The highest BCUT2D eigenvalue weighted by molar-refractivity contribution is 5.94. The molecule has 6 nitrogen and oxygen atoms in total. The first kappa shape index (κ1) is 17.7. The van der Waals surface area contributed by atoms with E-state index in [4.69, 9.17) is 5.73 Å². The van der Waals surface area contributed by atoms with Crippen molar-refractivity contribution >= 4 is 17.5 Å². The minimum Gasteiger partial charge on any atom is -0.369 e. The zero-order valence-corrected chi connectivity index (χ0v) is 14.4. The largest absolute Gasteiger partial charge is 0.369 e. The average molecular weight is 348 g/mol. The fraction of sp³-hybridized carbons (Fsp3) is 0.556. The second-order valence-electron chi connectivity index (χ2n) is 6.75. The van der Waals surface area contributed by atoms with Gasteiger partial charge in [-0.15, -0.1) is 0 Å². The maximum Gasteiger partial charge on any atom is 0.254 e. The molecule has 0 radical (unpaired) electrons. The third-order valence-corrected chi connectivity index (χ3v) is 4.90. The Morgan fingerprint density at radius 1 is 1.00 bits per heavy atom. The van der Waals surface area contributed by atoms with Gasteiger partial charge in [0.15, 0.2) is 0 Å². The molecule has 2 saturated heterocycles. The van der Waals surface area contributed by atoms with Crippen LogP contribution in [-0.2, 0) is 4.79 Å². The quantitative estimate of drug-likeness (QED) is 0.883. The lowest BCUT2D eigenvalue weighted by Crippen LogP contribution is -2.38. The van der Waals surface area contributed by atoms with Crippen LogP contribution in [0.2, 0.25) is 0 Å². The van der Waals surface area contributed by atoms with E-state index in [1.54, 1.807) is 17.0 Å². The predicted octanol–water partition coefficient (Wildman–Crippen LogP) is 1.06. The molecule has 136 valence electrons. The second-order valence-corrected chi connectivity index (χ2v) is 6.75. The fourth-order valence-electron chi connectivity index (χ4n) is 3.59. The van der Waals surface area contributed by atoms with Gasteiger partial charge in [-0.05, 0) is 37.5 Å². The van der Waals surface area contributed by atoms with Crippen LogP contribution in [-0.4, -0.2) is 67.4 Å². The summed E-state index contributed by atoms with van der Waals surface area (Å²) in [5.74, 6) is -0.856. The molecule has 0 unspecified atom stereocenters. The first-order chi connectivity index (χ1) is 12.0. The normalized spacial score (nSPS) is 19.1. The molecule has 2 N–H and O–H groups in total. The standard InChI is InChI=1S/C18H25FN4O2/c19-15-12-14(4-5-16(15)22-7-1-2-8-22)18(25)23-9-3-6-21(10-11-23)13-17(20)24/h4-5,12H,1-3,6-11,13H2,(H2,20,24). The molecule has 0 aliphatic carbocycles. The van der Waals surface area contributed by atoms with Crippen LogP contribution in [0.3, 0.4) is 0 Å². The van der Waals surface area contributed by atoms with Gasteiger partial charge in [-0.3, -0.25) is 14.5 Å². The Morgan fingerprint density at radius 2 is 1.76 bits per heavy atom. The number of anilines is 1. The zero-order chi connectivity index (χ0) is 17.8. The van der Waals surface area contributed by atoms with Crippen LogP contribution in [0, 0.1) is 5.82 Å². The lowest BCUT2D eigenvalue weighted by molar-refractivity contribution is -0.119. The summed E-state index contributed by atoms with van der Waals surface area (Å²) < 4.78 is 14.4. The summed E-state index contributed by atoms with van der Waals surface area (Å²) in [6.07, 6.45) is 2.93. The molecule has 7 heteroatoms. The number of primary amides is 1. The summed E-state index contributed by atoms with van der Waals surface area (Å²) in [5, 5.41) is 0. The molecule has 0 saturated carbocycles. The molecule has 2 fully saturated rings. The Hall–Kier alpha value is -2.15. The van der Waals surface area contributed by atoms with Gasteiger partial charge in [-0.2, -0.15) is 0 Å². The second kappa shape index (κ2) is 7.82. The van der Waals surface area contributed by atoms with E-state index in [1.807, 2.05) is 9.80 Å². The van der Waals surface area contributed by atoms with E-state index in [-0.39, 0.29) is 24.2 Å². The predicted molar refractivity (Wildman–Crippen MR) is 94.0 cm³/mol. The first-order valence-electron chi connectivity index (χ1n) is 8.89. The molecule has 3 rings (SSSR count). The Kier molecular flexibility index (Phi) is 5.53. The third-order valence-electron chi connectivity index (χ3n) is 4.90. The van der Waals surface area contributed by atoms with E-state index in [0.717, 1.165) is 38.9 Å². The van der Waals surface area contributed by atoms with E-state index in [2.05, 4.69) is 0 Å². The van der Waals surface area contributed by atoms with Gasteiger partial charge < -0.3 is 15.5 Å². The van der Waals surface area contributed by atoms with E-state index in [9.17, 15) is 14.0 Å². The minimum absolute atomic E-state index is 0.159. The molecule has 0 aromatic heterocycles. The molecular formula is C18H25FN4O2. The van der Waals surface area contributed by atoms with E-state index in [1.165, 1.54) is 6.07 Å². The number of nitrogens with zero attached hydrogens (tertiary/aromatic N) is 3. The van der Waals surface area contributed by atoms with Crippen molar-refractivity contribution in [3.63, 3.8) is 0 Å². The summed E-state index contributed by atoms with van der Waals surface area (Å²) in [4.78, 5) is 29.5. The lowest BCUT2D eigenvalue weighted by atomic mass is 10.1. The van der Waals surface area contributed by atoms with Gasteiger partial charge in [0.25, 0.3) is 5.91 Å². The number of hydrogen-bond acceptors (Lipinski definition) is 4. The highest BCUT2D eigenvalue weighted by Crippen LogP contribution is 2.25. The molecule has 0 spiro atoms. The van der Waals surface area contributed by atoms with E-state index >= 15 is 0 Å². The molecule has 2 aliphatic heterocycles. The number of halogens is 1. The SMILES string of the molecule is NC(=O)CN1CCCN(C(=O)c2ccc(N3CCCC3)c(F)c2)CC1. The van der Waals surface area contributed by atoms with Crippen LogP contribution >= 0.6 is 0 Å². The van der Waals surface area contributed by atoms with Crippen molar-refractivity contribution in [3.05, 3.63) is 29.6 Å². The number of rotatable bonds is 4. The van der Waals surface area contributed by atoms with Crippen molar-refractivity contribution in [1.82, 2.24) is 9.80 Å². The van der Waals surface area contributed by atoms with E-state index in [0.29, 0.717) is 30.9 Å². The number of nitrogens with two attached hydrogens (primary N) is 1. The van der Waals surface area contributed by atoms with Crippen LogP contribution < -0.4 is 10.6 Å². The lowest BCUT2D eigenvalue weighted by Gasteiger charge is -2.22. The molecule has 2 heterocycles. The van der Waals surface area contributed by atoms with Gasteiger partial charge in [0.2, 0.25) is 5.91 Å². The maximum atomic E-state index is 14.4. The Morgan fingerprint density at radius 3 is 2.44 bits per heavy atom. The van der Waals surface area contributed by atoms with Crippen molar-refractivity contribution in [2.24, 2.45) is 5.73 Å². The summed E-state index contributed by atoms with van der Waals surface area (Å²) in [6, 6.07) is 4.78. The highest BCUT2D eigenvalue weighted by Gasteiger charge is 2.23. The monoisotopic (exact) mass is 348 g/mol. The topological polar surface area (TPSA) is 69.9 Å². The van der Waals surface area contributed by atoms with Crippen molar-refractivity contribution in [2.45, 2.75) is 19.3 Å². The minimum atomic E-state index is -0.362. The molecule has 2 aliphatic rings. The van der Waals surface area contributed by atoms with E-state index < -0.39 is 0 Å². The molecule has 0 bridgehead atoms. The number of amides is 2. The molecular weight excluding hydrogens is 323 g/mol. The highest BCUT2D eigenvalue weighted by atomic mass is 19.1. The Bertz CT molecular complexity index is 646. The number of carbonyl (C=O) groups is 2. The molecule has 1 aromatic rings. The van der Waals surface area contributed by atoms with Crippen LogP contribution in [0.1, 0.15) is 29.6 Å². The molecule has 25 heavy (non-hydrogen) atoms. The third kappa shape index (κ3) is 4.28. The number of hydrogen-bond donors (Lipinski definition) is 1. The van der Waals surface area contributed by atoms with Gasteiger partial charge in [0, 0.05) is 44.8 Å². The van der Waals surface area contributed by atoms with Gasteiger partial charge in [-0.25, -0.2) is 4.39 Å². The van der Waals surface area contributed by atoms with Gasteiger partial charge >= 0.3 is 0 Å².